The van der Waals surface area contributed by atoms with Crippen LogP contribution >= 0.6 is 0 Å². The quantitative estimate of drug-likeness (QED) is 0.412. The Kier molecular flexibility index (Phi) is 31400. The van der Waals surface area contributed by atoms with Crippen molar-refractivity contribution >= 4 is 0 Å². The van der Waals surface area contributed by atoms with Crippen molar-refractivity contribution in [3.63, 3.8) is 0 Å². The van der Waals surface area contributed by atoms with Gasteiger partial charge in [0.15, 0.2) is 0 Å². The van der Waals surface area contributed by atoms with Crippen molar-refractivity contribution in [3.8, 4) is 0 Å². The van der Waals surface area contributed by atoms with Gasteiger partial charge in [-0.3, -0.25) is 0 Å². The predicted octanol–water partition coefficient (Wildman–Crippen LogP) is 2.40. The molecule has 1 heteroatoms. The van der Waals surface area contributed by atoms with E-state index in [1.807, 2.05) is 0 Å². The van der Waals surface area contributed by atoms with Crippen LogP contribution in [0.4, 0.5) is 0 Å². The van der Waals surface area contributed by atoms with E-state index in [2.05, 4.69) is 39.5 Å². The minimum atomic E-state index is 0. The molecule has 0 aliphatic carbocycles. The Balaban J connectivity index is -0.00000000900. The molecule has 0 unspecified atom stereocenters. The number of rotatable bonds is 0. The van der Waals surface area contributed by atoms with Gasteiger partial charge in [-0.15, -0.1) is 39.5 Å². The van der Waals surface area contributed by atoms with Crippen molar-refractivity contribution in [2.45, 2.75) is 0 Å². The van der Waals surface area contributed by atoms with E-state index in [1.54, 1.807) is 0 Å². The molecule has 0 saturated heterocycles. The molecule has 0 nitrogen and oxygen atoms in total. The first-order valence-electron chi connectivity index (χ1n) is 1.50. The molecule has 0 aromatic carbocycles. The zero-order chi connectivity index (χ0) is 6.00. The summed E-state index contributed by atoms with van der Waals surface area (Å²) < 4.78 is 0. The van der Waals surface area contributed by atoms with E-state index in [1.165, 1.54) is 0 Å². The van der Waals surface area contributed by atoms with Gasteiger partial charge in [0.1, 0.15) is 0 Å². The van der Waals surface area contributed by atoms with Crippen molar-refractivity contribution in [3.05, 3.63) is 39.5 Å². The summed E-state index contributed by atoms with van der Waals surface area (Å²) in [6.45, 7) is 18.0. The summed E-state index contributed by atoms with van der Waals surface area (Å²) in [6.07, 6.45) is 0. The van der Waals surface area contributed by atoms with Gasteiger partial charge in [0.05, 0.1) is 0 Å². The van der Waals surface area contributed by atoms with Crippen LogP contribution in [0.1, 0.15) is 0 Å². The molecule has 0 atom stereocenters. The van der Waals surface area contributed by atoms with E-state index < -0.39 is 0 Å². The van der Waals surface area contributed by atoms with Gasteiger partial charge in [-0.25, -0.2) is 0 Å². The van der Waals surface area contributed by atoms with Gasteiger partial charge in [0.2, 0.25) is 0 Å². The first kappa shape index (κ1) is 27.3. The molecule has 0 fully saturated rings. The molecule has 0 aliphatic rings. The van der Waals surface area contributed by atoms with E-state index in [-0.39, 0.29) is 27.3 Å². The van der Waals surface area contributed by atoms with Gasteiger partial charge >= 0.3 is 0 Å². The van der Waals surface area contributed by atoms with Gasteiger partial charge < -0.3 is 0 Å². The van der Waals surface area contributed by atoms with Crippen LogP contribution in [0, 0.1) is 0 Å². The molecular weight excluding hydrogens is 184 g/mol. The molecule has 0 spiro atoms. The summed E-state index contributed by atoms with van der Waals surface area (Å²) in [6, 6.07) is 0. The Morgan fingerprint density at radius 1 is 0.429 bits per heavy atom. The smallest absolute Gasteiger partial charge is 0 e. The monoisotopic (exact) mass is 198 g/mol. The van der Waals surface area contributed by atoms with E-state index in [0.717, 1.165) is 0 Å². The molecule has 0 heterocycles. The minimum absolute atomic E-state index is 0. The van der Waals surface area contributed by atoms with Crippen LogP contribution in [0.3, 0.4) is 0 Å². The fraction of sp³-hybridized carbons (Fsp3) is 0. The van der Waals surface area contributed by atoms with Crippen LogP contribution in [-0.2, 0) is 27.3 Å². The Labute approximate surface area is 66.8 Å². The third kappa shape index (κ3) is 5220. The molecule has 7 heavy (non-hydrogen) atoms. The summed E-state index contributed by atoms with van der Waals surface area (Å²) in [4.78, 5) is 0. The fourth-order valence-corrected chi connectivity index (χ4v) is 0. The van der Waals surface area contributed by atoms with Gasteiger partial charge in [-0.2, -0.15) is 0 Å². The van der Waals surface area contributed by atoms with Crippen molar-refractivity contribution in [1.82, 2.24) is 0 Å². The zero-order valence-electron chi connectivity index (χ0n) is 4.95. The van der Waals surface area contributed by atoms with E-state index in [4.69, 9.17) is 0 Å². The maximum absolute atomic E-state index is 3.00. The standard InChI is InChI=1S/3C2H4.Cd/c3*1-2;/h3*1-2H2;. The summed E-state index contributed by atoms with van der Waals surface area (Å²) in [5, 5.41) is 0. The minimum Gasteiger partial charge on any atom is -0.106 e. The van der Waals surface area contributed by atoms with Gasteiger partial charge in [0, 0.05) is 27.3 Å². The molecule has 0 N–H and O–H groups in total. The van der Waals surface area contributed by atoms with Crippen molar-refractivity contribution in [2.24, 2.45) is 0 Å². The first-order valence-corrected chi connectivity index (χ1v) is 1.50. The molecule has 0 amide bonds. The first-order chi connectivity index (χ1) is 3.00. The summed E-state index contributed by atoms with van der Waals surface area (Å²) in [7, 11) is 0. The SMILES string of the molecule is C=C.C=C.C=C.[Cd]. The molecule has 0 bridgehead atoms. The molecule has 0 radical (unpaired) electrons. The van der Waals surface area contributed by atoms with Crippen LogP contribution in [0.5, 0.6) is 0 Å². The maximum Gasteiger partial charge on any atom is 0 e. The second-order valence-electron chi connectivity index (χ2n) is 0. The Morgan fingerprint density at radius 3 is 0.429 bits per heavy atom. The Bertz CT molecular complexity index is 8.90. The second kappa shape index (κ2) is 8050. The number of hydrogen-bond acceptors (Lipinski definition) is 0. The van der Waals surface area contributed by atoms with E-state index >= 15 is 0 Å². The molecule has 0 aromatic heterocycles. The Morgan fingerprint density at radius 2 is 0.429 bits per heavy atom. The molecule has 0 aromatic rings. The van der Waals surface area contributed by atoms with Crippen molar-refractivity contribution in [1.29, 1.82) is 0 Å². The maximum atomic E-state index is 3.00. The average Bonchev–Trinajstić information content (AvgIpc) is 1.81. The van der Waals surface area contributed by atoms with Crippen molar-refractivity contribution < 1.29 is 27.3 Å². The van der Waals surface area contributed by atoms with Crippen LogP contribution < -0.4 is 0 Å². The van der Waals surface area contributed by atoms with Gasteiger partial charge in [-0.05, 0) is 0 Å². The molecule has 0 aliphatic heterocycles. The molecular formula is C6H12Cd. The molecule has 0 saturated carbocycles. The third-order valence-corrected chi connectivity index (χ3v) is 0. The van der Waals surface area contributed by atoms with Crippen LogP contribution in [0.2, 0.25) is 0 Å². The third-order valence-electron chi connectivity index (χ3n) is 0. The van der Waals surface area contributed by atoms with E-state index in [0.29, 0.717) is 0 Å². The Hall–Kier alpha value is 0.142. The van der Waals surface area contributed by atoms with Crippen LogP contribution in [0.15, 0.2) is 39.5 Å². The normalized spacial score (nSPS) is 1.71. The zero-order valence-corrected chi connectivity index (χ0v) is 8.99. The molecule has 38 valence electrons. The largest absolute Gasteiger partial charge is 0.106 e. The van der Waals surface area contributed by atoms with Crippen LogP contribution in [-0.4, -0.2) is 0 Å². The second-order valence-corrected chi connectivity index (χ2v) is 0. The summed E-state index contributed by atoms with van der Waals surface area (Å²) in [5.74, 6) is 0. The van der Waals surface area contributed by atoms with E-state index in [9.17, 15) is 0 Å². The fourth-order valence-electron chi connectivity index (χ4n) is 0. The van der Waals surface area contributed by atoms with Crippen LogP contribution in [0.25, 0.3) is 0 Å². The predicted molar refractivity (Wildman–Crippen MR) is 33.8 cm³/mol. The topological polar surface area (TPSA) is 0 Å². The average molecular weight is 197 g/mol. The summed E-state index contributed by atoms with van der Waals surface area (Å²) >= 11 is 0. The van der Waals surface area contributed by atoms with Gasteiger partial charge in [-0.1, -0.05) is 0 Å². The number of hydrogen-bond donors (Lipinski definition) is 0. The van der Waals surface area contributed by atoms with Gasteiger partial charge in [0.25, 0.3) is 0 Å². The molecule has 0 rings (SSSR count). The summed E-state index contributed by atoms with van der Waals surface area (Å²) in [5.41, 5.74) is 0. The van der Waals surface area contributed by atoms with Crippen molar-refractivity contribution in [2.75, 3.05) is 0 Å².